The van der Waals surface area contributed by atoms with Crippen LogP contribution < -0.4 is 10.6 Å². The van der Waals surface area contributed by atoms with E-state index in [0.717, 1.165) is 5.57 Å². The summed E-state index contributed by atoms with van der Waals surface area (Å²) in [5, 5.41) is 26.7. The van der Waals surface area contributed by atoms with Crippen LogP contribution in [0.15, 0.2) is 78.4 Å². The number of hydrogen-bond acceptors (Lipinski definition) is 9. The molecule has 0 radical (unpaired) electrons. The van der Waals surface area contributed by atoms with Crippen LogP contribution in [0.4, 0.5) is 0 Å². The lowest BCUT2D eigenvalue weighted by molar-refractivity contribution is -0.162. The number of hydrogen-bond donors (Lipinski definition) is 4. The van der Waals surface area contributed by atoms with Gasteiger partial charge in [0.25, 0.3) is 5.91 Å². The smallest absolute Gasteiger partial charge is 0.332 e. The molecule has 2 aliphatic rings. The number of esters is 1. The van der Waals surface area contributed by atoms with Gasteiger partial charge in [0.05, 0.1) is 17.8 Å². The highest BCUT2D eigenvalue weighted by Gasteiger charge is 2.61. The Hall–Kier alpha value is -4.52. The van der Waals surface area contributed by atoms with E-state index in [0.29, 0.717) is 24.0 Å². The molecule has 1 fully saturated rings. The molecule has 2 aromatic carbocycles. The zero-order chi connectivity index (χ0) is 40.0. The van der Waals surface area contributed by atoms with Gasteiger partial charge in [-0.25, -0.2) is 4.79 Å². The third-order valence-corrected chi connectivity index (χ3v) is 10.6. The first-order valence-corrected chi connectivity index (χ1v) is 18.6. The maximum absolute atomic E-state index is 14.3. The van der Waals surface area contributed by atoms with Crippen LogP contribution in [0.2, 0.25) is 0 Å². The van der Waals surface area contributed by atoms with Crippen LogP contribution in [-0.4, -0.2) is 94.5 Å². The van der Waals surface area contributed by atoms with Crippen molar-refractivity contribution in [2.24, 2.45) is 11.8 Å². The number of phenols is 1. The first-order valence-electron chi connectivity index (χ1n) is 18.6. The van der Waals surface area contributed by atoms with E-state index in [9.17, 15) is 29.4 Å². The summed E-state index contributed by atoms with van der Waals surface area (Å²) < 4.78 is 18.0. The summed E-state index contributed by atoms with van der Waals surface area (Å²) in [5.74, 6) is -3.22. The Morgan fingerprint density at radius 2 is 1.69 bits per heavy atom. The summed E-state index contributed by atoms with van der Waals surface area (Å²) in [7, 11) is 3.16. The van der Waals surface area contributed by atoms with Crippen molar-refractivity contribution >= 4 is 23.7 Å². The number of fused-ring (bicyclic) bond motifs is 1. The summed E-state index contributed by atoms with van der Waals surface area (Å²) in [6.45, 7) is 12.1. The number of nitrogens with zero attached hydrogens (tertiary/aromatic N) is 1. The summed E-state index contributed by atoms with van der Waals surface area (Å²) in [5.41, 5.74) is -0.768. The molecule has 9 atom stereocenters. The fraction of sp³-hybridized carbons (Fsp3) is 0.524. The van der Waals surface area contributed by atoms with Gasteiger partial charge in [0, 0.05) is 32.9 Å². The Labute approximate surface area is 318 Å². The molecule has 3 amide bonds. The quantitative estimate of drug-likeness (QED) is 0.235. The summed E-state index contributed by atoms with van der Waals surface area (Å²) in [4.78, 5) is 58.1. The maximum atomic E-state index is 14.3. The van der Waals surface area contributed by atoms with Gasteiger partial charge in [-0.3, -0.25) is 14.4 Å². The highest BCUT2D eigenvalue weighted by atomic mass is 16.6. The minimum atomic E-state index is -1.79. The zero-order valence-corrected chi connectivity index (χ0v) is 32.9. The fourth-order valence-electron chi connectivity index (χ4n) is 6.91. The Kier molecular flexibility index (Phi) is 13.9. The second kappa shape index (κ2) is 17.7. The summed E-state index contributed by atoms with van der Waals surface area (Å²) in [6.07, 6.45) is 4.96. The summed E-state index contributed by atoms with van der Waals surface area (Å²) in [6, 6.07) is 11.6. The van der Waals surface area contributed by atoms with E-state index >= 15 is 0 Å². The zero-order valence-electron chi connectivity index (χ0n) is 32.9. The van der Waals surface area contributed by atoms with Crippen LogP contribution in [0.5, 0.6) is 5.75 Å². The van der Waals surface area contributed by atoms with Crippen LogP contribution >= 0.6 is 0 Å². The Balaban J connectivity index is 1.81. The number of allylic oxidation sites excluding steroid dienone is 2. The van der Waals surface area contributed by atoms with E-state index in [1.807, 2.05) is 76.3 Å². The molecule has 0 spiro atoms. The third kappa shape index (κ3) is 10.2. The molecule has 0 saturated carbocycles. The second-order valence-corrected chi connectivity index (χ2v) is 15.4. The molecular weight excluding hydrogens is 690 g/mol. The van der Waals surface area contributed by atoms with Crippen LogP contribution in [-0.2, 0) is 39.8 Å². The normalized spacial score (nSPS) is 31.4. The fourth-order valence-corrected chi connectivity index (χ4v) is 6.91. The number of carbonyl (C=O) groups excluding carboxylic acids is 4. The molecule has 0 aliphatic carbocycles. The molecule has 4 N–H and O–H groups in total. The molecule has 0 bridgehead atoms. The number of epoxide rings is 1. The van der Waals surface area contributed by atoms with Crippen molar-refractivity contribution in [2.45, 2.75) is 115 Å². The maximum Gasteiger partial charge on any atom is 0.332 e. The minimum absolute atomic E-state index is 0.0230. The average molecular weight is 748 g/mol. The minimum Gasteiger partial charge on any atom is -0.508 e. The Morgan fingerprint density at radius 1 is 1.04 bits per heavy atom. The average Bonchev–Trinajstić information content (AvgIpc) is 3.80. The number of carbonyl (C=O) groups is 4. The molecule has 2 aromatic rings. The molecule has 12 nitrogen and oxygen atoms in total. The predicted octanol–water partition coefficient (Wildman–Crippen LogP) is 4.55. The molecule has 1 saturated heterocycles. The molecule has 54 heavy (non-hydrogen) atoms. The Morgan fingerprint density at radius 3 is 2.28 bits per heavy atom. The van der Waals surface area contributed by atoms with Gasteiger partial charge in [0.1, 0.15) is 23.9 Å². The first-order chi connectivity index (χ1) is 25.4. The van der Waals surface area contributed by atoms with Crippen molar-refractivity contribution in [3.63, 3.8) is 0 Å². The second-order valence-electron chi connectivity index (χ2n) is 15.4. The highest BCUT2D eigenvalue weighted by Crippen LogP contribution is 2.42. The number of nitrogens with one attached hydrogen (secondary N) is 2. The van der Waals surface area contributed by atoms with Crippen molar-refractivity contribution in [3.05, 3.63) is 89.5 Å². The van der Waals surface area contributed by atoms with E-state index < -0.39 is 59.3 Å². The van der Waals surface area contributed by atoms with Gasteiger partial charge in [-0.05, 0) is 62.4 Å². The number of rotatable bonds is 7. The van der Waals surface area contributed by atoms with E-state index in [1.54, 1.807) is 33.2 Å². The SMILES string of the molecule is CC[C@H](C)[C@H]1C(=O)N[C@H](Cc2ccc(O)cc2)C(=O)N[C@@H](C(C)(C)O)C(=O)O[C@H](c2ccccc2)[C@H](C)/C=C/C=C(\C)[C@H](OC)C[C@@H]2O[C@@]2(C)C(=O)N1C. The molecule has 0 aromatic heterocycles. The van der Waals surface area contributed by atoms with Crippen molar-refractivity contribution < 1.29 is 43.6 Å². The van der Waals surface area contributed by atoms with Crippen molar-refractivity contribution in [1.82, 2.24) is 15.5 Å². The van der Waals surface area contributed by atoms with E-state index in [1.165, 1.54) is 30.9 Å². The first kappa shape index (κ1) is 42.2. The van der Waals surface area contributed by atoms with Gasteiger partial charge in [0.2, 0.25) is 11.8 Å². The molecule has 12 heteroatoms. The Bertz CT molecular complexity index is 1690. The van der Waals surface area contributed by atoms with Crippen molar-refractivity contribution in [3.8, 4) is 5.75 Å². The topological polar surface area (TPSA) is 167 Å². The van der Waals surface area contributed by atoms with Crippen molar-refractivity contribution in [2.75, 3.05) is 14.2 Å². The van der Waals surface area contributed by atoms with Crippen LogP contribution in [0.3, 0.4) is 0 Å². The number of aromatic hydroxyl groups is 1. The number of aliphatic hydroxyl groups is 1. The number of cyclic esters (lactones) is 1. The largest absolute Gasteiger partial charge is 0.508 e. The number of amides is 3. The van der Waals surface area contributed by atoms with Gasteiger partial charge in [0.15, 0.2) is 11.6 Å². The van der Waals surface area contributed by atoms with Crippen LogP contribution in [0.1, 0.15) is 78.5 Å². The lowest BCUT2D eigenvalue weighted by Gasteiger charge is -2.35. The molecule has 2 aliphatic heterocycles. The molecule has 4 rings (SSSR count). The molecule has 2 heterocycles. The van der Waals surface area contributed by atoms with Gasteiger partial charge in [-0.1, -0.05) is 87.9 Å². The van der Waals surface area contributed by atoms with Crippen molar-refractivity contribution in [1.29, 1.82) is 0 Å². The number of methoxy groups -OCH3 is 1. The van der Waals surface area contributed by atoms with Gasteiger partial charge >= 0.3 is 5.97 Å². The number of likely N-dealkylation sites (N-methyl/N-ethyl adjacent to an activating group) is 1. The van der Waals surface area contributed by atoms with Crippen LogP contribution in [0.25, 0.3) is 0 Å². The molecular formula is C42H57N3O9. The van der Waals surface area contributed by atoms with E-state index in [4.69, 9.17) is 14.2 Å². The predicted molar refractivity (Wildman–Crippen MR) is 204 cm³/mol. The monoisotopic (exact) mass is 747 g/mol. The van der Waals surface area contributed by atoms with E-state index in [2.05, 4.69) is 10.6 Å². The molecule has 0 unspecified atom stereocenters. The lowest BCUT2D eigenvalue weighted by atomic mass is 9.93. The number of benzene rings is 2. The number of ether oxygens (including phenoxy) is 3. The highest BCUT2D eigenvalue weighted by molar-refractivity contribution is 5.96. The van der Waals surface area contributed by atoms with Crippen LogP contribution in [0, 0.1) is 11.8 Å². The third-order valence-electron chi connectivity index (χ3n) is 10.6. The standard InChI is InChI=1S/C42H57N3O9/c1-10-25(2)34-38(48)43-31(23-28-19-21-30(46)22-20-28)37(47)44-36(41(5,6)51)39(49)53-35(29-17-12-11-13-18-29)27(4)16-14-15-26(3)32(52-9)24-33-42(7,54-33)40(50)45(34)8/h11-22,25,27,31-36,46,51H,10,23-24H2,1-9H3,(H,43,48)(H,44,47)/b16-14+,26-15+/t25-,27+,31+,32+,33-,34-,35-,36+,42+/m0/s1. The lowest BCUT2D eigenvalue weighted by Crippen LogP contribution is -2.61. The van der Waals surface area contributed by atoms with Gasteiger partial charge < -0.3 is 40.0 Å². The number of phenolic OH excluding ortho intramolecular Hbond substituents is 1. The van der Waals surface area contributed by atoms with E-state index in [-0.39, 0.29) is 36.0 Å². The van der Waals surface area contributed by atoms with Gasteiger partial charge in [-0.15, -0.1) is 0 Å². The van der Waals surface area contributed by atoms with Gasteiger partial charge in [-0.2, -0.15) is 0 Å². The summed E-state index contributed by atoms with van der Waals surface area (Å²) >= 11 is 0. The molecule has 294 valence electrons.